The molecular formula is C17H22ClN5O2S. The second-order valence-electron chi connectivity index (χ2n) is 6.76. The quantitative estimate of drug-likeness (QED) is 0.728. The number of sulfonamides is 1. The third kappa shape index (κ3) is 3.83. The van der Waals surface area contributed by atoms with Crippen LogP contribution in [0.25, 0.3) is 11.1 Å². The lowest BCUT2D eigenvalue weighted by atomic mass is 9.81. The minimum absolute atomic E-state index is 0.0854. The molecule has 6 N–H and O–H groups in total. The van der Waals surface area contributed by atoms with Gasteiger partial charge >= 0.3 is 0 Å². The number of halogens is 1. The molecule has 1 aromatic heterocycles. The zero-order chi connectivity index (χ0) is 19.1. The zero-order valence-electron chi connectivity index (χ0n) is 14.4. The molecule has 2 aromatic rings. The number of primary sulfonamides is 1. The fourth-order valence-corrected chi connectivity index (χ4v) is 4.72. The Balaban J connectivity index is 2.18. The van der Waals surface area contributed by atoms with Crippen molar-refractivity contribution in [2.75, 3.05) is 5.73 Å². The molecule has 0 bridgehead atoms. The Bertz CT molecular complexity index is 940. The minimum Gasteiger partial charge on any atom is -0.368 e. The van der Waals surface area contributed by atoms with E-state index in [1.807, 2.05) is 6.07 Å². The van der Waals surface area contributed by atoms with Gasteiger partial charge in [0.25, 0.3) is 0 Å². The van der Waals surface area contributed by atoms with Crippen molar-refractivity contribution in [2.45, 2.75) is 49.5 Å². The van der Waals surface area contributed by atoms with Gasteiger partial charge in [-0.1, -0.05) is 11.6 Å². The molecule has 1 aliphatic rings. The molecule has 1 aliphatic carbocycles. The first-order valence-electron chi connectivity index (χ1n) is 8.38. The first-order chi connectivity index (χ1) is 12.2. The fraction of sp³-hybridized carbons (Fsp3) is 0.412. The molecule has 0 unspecified atom stereocenters. The molecule has 140 valence electrons. The van der Waals surface area contributed by atoms with Gasteiger partial charge in [0, 0.05) is 17.8 Å². The van der Waals surface area contributed by atoms with Crippen molar-refractivity contribution in [3.63, 3.8) is 0 Å². The fourth-order valence-electron chi connectivity index (χ4n) is 3.48. The average Bonchev–Trinajstić information content (AvgIpc) is 2.55. The van der Waals surface area contributed by atoms with E-state index in [2.05, 4.69) is 9.97 Å². The maximum atomic E-state index is 12.1. The first-order valence-corrected chi connectivity index (χ1v) is 10.3. The van der Waals surface area contributed by atoms with Crippen LogP contribution in [0.3, 0.4) is 0 Å². The molecule has 1 heterocycles. The number of nitrogens with two attached hydrogens (primary N) is 3. The Kier molecular flexibility index (Phi) is 5.21. The van der Waals surface area contributed by atoms with E-state index in [1.165, 1.54) is 6.07 Å². The summed E-state index contributed by atoms with van der Waals surface area (Å²) in [6.45, 7) is 1.79. The molecule has 0 spiro atoms. The van der Waals surface area contributed by atoms with E-state index in [1.54, 1.807) is 13.1 Å². The van der Waals surface area contributed by atoms with Crippen molar-refractivity contribution in [3.8, 4) is 11.1 Å². The summed E-state index contributed by atoms with van der Waals surface area (Å²) in [4.78, 5) is 8.09. The summed E-state index contributed by atoms with van der Waals surface area (Å²) in [6.07, 6.45) is 5.03. The molecule has 0 saturated heterocycles. The van der Waals surface area contributed by atoms with Gasteiger partial charge < -0.3 is 11.5 Å². The number of nitrogen functional groups attached to an aromatic ring is 1. The number of rotatable bonds is 3. The molecular weight excluding hydrogens is 374 g/mol. The topological polar surface area (TPSA) is 138 Å². The Labute approximate surface area is 158 Å². The van der Waals surface area contributed by atoms with E-state index in [0.29, 0.717) is 16.8 Å². The summed E-state index contributed by atoms with van der Waals surface area (Å²) in [5, 5.41) is 5.59. The normalized spacial score (nSPS) is 20.9. The molecule has 0 atom stereocenters. The lowest BCUT2D eigenvalue weighted by molar-refractivity contribution is 0.395. The summed E-state index contributed by atoms with van der Waals surface area (Å²) in [5.74, 6) is 0.297. The van der Waals surface area contributed by atoms with E-state index in [9.17, 15) is 8.42 Å². The molecule has 9 heteroatoms. The van der Waals surface area contributed by atoms with Gasteiger partial charge in [0.1, 0.15) is 4.90 Å². The van der Waals surface area contributed by atoms with Crippen LogP contribution in [0.2, 0.25) is 5.02 Å². The second-order valence-corrected chi connectivity index (χ2v) is 8.67. The number of anilines is 1. The Morgan fingerprint density at radius 2 is 1.85 bits per heavy atom. The van der Waals surface area contributed by atoms with Gasteiger partial charge in [0.15, 0.2) is 0 Å². The van der Waals surface area contributed by atoms with E-state index < -0.39 is 10.0 Å². The lowest BCUT2D eigenvalue weighted by Gasteiger charge is -2.28. The predicted octanol–water partition coefficient (Wildman–Crippen LogP) is 2.32. The third-order valence-electron chi connectivity index (χ3n) is 4.89. The first kappa shape index (κ1) is 19.0. The zero-order valence-corrected chi connectivity index (χ0v) is 16.0. The van der Waals surface area contributed by atoms with Gasteiger partial charge in [-0.3, -0.25) is 0 Å². The average molecular weight is 396 g/mol. The van der Waals surface area contributed by atoms with Crippen LogP contribution in [0.5, 0.6) is 0 Å². The summed E-state index contributed by atoms with van der Waals surface area (Å²) in [5.41, 5.74) is 14.4. The van der Waals surface area contributed by atoms with Crippen LogP contribution >= 0.6 is 11.6 Å². The van der Waals surface area contributed by atoms with Crippen molar-refractivity contribution >= 4 is 27.6 Å². The van der Waals surface area contributed by atoms with Crippen LogP contribution in [0.4, 0.5) is 5.95 Å². The van der Waals surface area contributed by atoms with E-state index >= 15 is 0 Å². The van der Waals surface area contributed by atoms with Crippen molar-refractivity contribution in [1.29, 1.82) is 0 Å². The van der Waals surface area contributed by atoms with Gasteiger partial charge in [-0.15, -0.1) is 0 Å². The van der Waals surface area contributed by atoms with Gasteiger partial charge in [0.2, 0.25) is 16.0 Å². The van der Waals surface area contributed by atoms with Gasteiger partial charge in [-0.2, -0.15) is 0 Å². The van der Waals surface area contributed by atoms with Gasteiger partial charge in [-0.05, 0) is 61.8 Å². The predicted molar refractivity (Wildman–Crippen MR) is 102 cm³/mol. The Hall–Kier alpha value is -1.74. The highest BCUT2D eigenvalue weighted by atomic mass is 35.5. The molecule has 26 heavy (non-hydrogen) atoms. The Morgan fingerprint density at radius 3 is 2.42 bits per heavy atom. The molecule has 1 saturated carbocycles. The smallest absolute Gasteiger partial charge is 0.239 e. The molecule has 1 fully saturated rings. The van der Waals surface area contributed by atoms with Crippen molar-refractivity contribution in [3.05, 3.63) is 34.6 Å². The van der Waals surface area contributed by atoms with Crippen LogP contribution < -0.4 is 16.6 Å². The summed E-state index contributed by atoms with van der Waals surface area (Å²) < 4.78 is 24.2. The standard InChI is InChI=1S/C17H22ClN5O2S/c1-9-14(8-22-17(20)23-9)11-6-13(10-2-4-12(19)5-3-10)16(18)15(7-11)26(21,24)25/h6-8,10,12H,2-5,19H2,1H3,(H2,20,22,23)(H2,21,24,25). The van der Waals surface area contributed by atoms with Crippen LogP contribution in [0, 0.1) is 6.92 Å². The summed E-state index contributed by atoms with van der Waals surface area (Å²) in [7, 11) is -3.98. The molecule has 0 radical (unpaired) electrons. The van der Waals surface area contributed by atoms with Gasteiger partial charge in [0.05, 0.1) is 10.7 Å². The third-order valence-corrected chi connectivity index (χ3v) is 6.36. The molecule has 0 amide bonds. The summed E-state index contributed by atoms with van der Waals surface area (Å²) >= 11 is 6.45. The highest BCUT2D eigenvalue weighted by Gasteiger charge is 2.26. The highest BCUT2D eigenvalue weighted by molar-refractivity contribution is 7.89. The number of hydrogen-bond acceptors (Lipinski definition) is 6. The number of aromatic nitrogens is 2. The van der Waals surface area contributed by atoms with Crippen LogP contribution in [-0.2, 0) is 10.0 Å². The lowest BCUT2D eigenvalue weighted by Crippen LogP contribution is -2.26. The van der Waals surface area contributed by atoms with Gasteiger partial charge in [-0.25, -0.2) is 23.5 Å². The number of hydrogen-bond donors (Lipinski definition) is 3. The van der Waals surface area contributed by atoms with E-state index in [0.717, 1.165) is 31.2 Å². The van der Waals surface area contributed by atoms with E-state index in [4.69, 9.17) is 28.2 Å². The van der Waals surface area contributed by atoms with Crippen molar-refractivity contribution in [1.82, 2.24) is 9.97 Å². The van der Waals surface area contributed by atoms with Crippen LogP contribution in [-0.4, -0.2) is 24.4 Å². The Morgan fingerprint density at radius 1 is 1.19 bits per heavy atom. The SMILES string of the molecule is Cc1nc(N)ncc1-c1cc(C2CCC(N)CC2)c(Cl)c(S(N)(=O)=O)c1. The second kappa shape index (κ2) is 7.11. The van der Waals surface area contributed by atoms with Crippen molar-refractivity contribution in [2.24, 2.45) is 10.9 Å². The molecule has 0 aliphatic heterocycles. The van der Waals surface area contributed by atoms with Crippen LogP contribution in [0.15, 0.2) is 23.2 Å². The largest absolute Gasteiger partial charge is 0.368 e. The maximum absolute atomic E-state index is 12.1. The summed E-state index contributed by atoms with van der Waals surface area (Å²) in [6, 6.07) is 3.55. The number of aryl methyl sites for hydroxylation is 1. The van der Waals surface area contributed by atoms with Crippen molar-refractivity contribution < 1.29 is 8.42 Å². The van der Waals surface area contributed by atoms with E-state index in [-0.39, 0.29) is 27.8 Å². The maximum Gasteiger partial charge on any atom is 0.239 e. The van der Waals surface area contributed by atoms with Crippen LogP contribution in [0.1, 0.15) is 42.9 Å². The molecule has 7 nitrogen and oxygen atoms in total. The number of benzene rings is 1. The minimum atomic E-state index is -3.98. The molecule has 1 aromatic carbocycles. The number of nitrogens with zero attached hydrogens (tertiary/aromatic N) is 2. The molecule has 3 rings (SSSR count). The monoisotopic (exact) mass is 395 g/mol. The highest BCUT2D eigenvalue weighted by Crippen LogP contribution is 2.41.